The maximum absolute atomic E-state index is 12.5. The van der Waals surface area contributed by atoms with Crippen molar-refractivity contribution in [1.29, 1.82) is 0 Å². The van der Waals surface area contributed by atoms with E-state index in [4.69, 9.17) is 0 Å². The molecule has 2 rings (SSSR count). The lowest BCUT2D eigenvalue weighted by Crippen LogP contribution is -2.27. The molecule has 5 nitrogen and oxygen atoms in total. The van der Waals surface area contributed by atoms with Gasteiger partial charge in [0.05, 0.1) is 0 Å². The van der Waals surface area contributed by atoms with Crippen LogP contribution in [0.25, 0.3) is 0 Å². The Morgan fingerprint density at radius 1 is 1.24 bits per heavy atom. The van der Waals surface area contributed by atoms with Crippen molar-refractivity contribution in [2.45, 2.75) is 20.3 Å². The van der Waals surface area contributed by atoms with E-state index in [1.165, 1.54) is 0 Å². The van der Waals surface area contributed by atoms with Crippen molar-refractivity contribution in [2.75, 3.05) is 23.8 Å². The summed E-state index contributed by atoms with van der Waals surface area (Å²) in [5, 5.41) is 3.19. The first-order valence-electron chi connectivity index (χ1n) is 7.04. The molecular formula is C16H20N4O. The highest BCUT2D eigenvalue weighted by Gasteiger charge is 2.16. The van der Waals surface area contributed by atoms with Crippen LogP contribution in [0.1, 0.15) is 29.7 Å². The fourth-order valence-electron chi connectivity index (χ4n) is 1.96. The maximum Gasteiger partial charge on any atom is 0.276 e. The molecule has 0 unspecified atom stereocenters. The fourth-order valence-corrected chi connectivity index (χ4v) is 1.96. The molecule has 0 saturated heterocycles. The van der Waals surface area contributed by atoms with E-state index in [0.717, 1.165) is 18.7 Å². The summed E-state index contributed by atoms with van der Waals surface area (Å²) >= 11 is 0. The topological polar surface area (TPSA) is 58.1 Å². The number of carbonyl (C=O) groups excluding carboxylic acids is 1. The molecule has 0 aliphatic carbocycles. The number of aryl methyl sites for hydroxylation is 1. The number of hydrogen-bond donors (Lipinski definition) is 1. The number of aromatic nitrogens is 2. The molecule has 0 saturated carbocycles. The Morgan fingerprint density at radius 2 is 1.95 bits per heavy atom. The van der Waals surface area contributed by atoms with Crippen LogP contribution in [0.2, 0.25) is 0 Å². The number of hydrogen-bond acceptors (Lipinski definition) is 4. The smallest absolute Gasteiger partial charge is 0.276 e. The Labute approximate surface area is 125 Å². The first-order valence-corrected chi connectivity index (χ1v) is 7.04. The van der Waals surface area contributed by atoms with Gasteiger partial charge in [0.2, 0.25) is 0 Å². The molecule has 0 atom stereocenters. The summed E-state index contributed by atoms with van der Waals surface area (Å²) in [5.74, 6) is 1.13. The van der Waals surface area contributed by atoms with E-state index in [-0.39, 0.29) is 5.91 Å². The van der Waals surface area contributed by atoms with Gasteiger partial charge in [-0.15, -0.1) is 0 Å². The third kappa shape index (κ3) is 3.78. The lowest BCUT2D eigenvalue weighted by molar-refractivity contribution is 0.0988. The molecule has 0 radical (unpaired) electrons. The van der Waals surface area contributed by atoms with Crippen LogP contribution in [0.3, 0.4) is 0 Å². The quantitative estimate of drug-likeness (QED) is 0.917. The van der Waals surface area contributed by atoms with Crippen molar-refractivity contribution >= 4 is 17.4 Å². The van der Waals surface area contributed by atoms with Crippen molar-refractivity contribution in [3.8, 4) is 0 Å². The average molecular weight is 284 g/mol. The van der Waals surface area contributed by atoms with Crippen LogP contribution in [0.5, 0.6) is 0 Å². The number of anilines is 2. The second kappa shape index (κ2) is 6.83. The van der Waals surface area contributed by atoms with Gasteiger partial charge in [0.25, 0.3) is 5.91 Å². The molecule has 1 aromatic carbocycles. The van der Waals surface area contributed by atoms with Gasteiger partial charge in [-0.1, -0.05) is 25.1 Å². The molecule has 0 spiro atoms. The van der Waals surface area contributed by atoms with Gasteiger partial charge in [0.1, 0.15) is 17.3 Å². The molecule has 1 aromatic heterocycles. The monoisotopic (exact) mass is 284 g/mol. The fraction of sp³-hybridized carbons (Fsp3) is 0.312. The van der Waals surface area contributed by atoms with Gasteiger partial charge < -0.3 is 10.2 Å². The highest BCUT2D eigenvalue weighted by Crippen LogP contribution is 2.15. The van der Waals surface area contributed by atoms with Gasteiger partial charge in [-0.2, -0.15) is 0 Å². The van der Waals surface area contributed by atoms with Gasteiger partial charge in [-0.25, -0.2) is 9.97 Å². The summed E-state index contributed by atoms with van der Waals surface area (Å²) in [6, 6.07) is 11.2. The van der Waals surface area contributed by atoms with Crippen molar-refractivity contribution in [3.63, 3.8) is 0 Å². The molecule has 1 heterocycles. The first-order chi connectivity index (χ1) is 10.1. The maximum atomic E-state index is 12.5. The van der Waals surface area contributed by atoms with E-state index in [0.29, 0.717) is 17.3 Å². The molecule has 0 fully saturated rings. The summed E-state index contributed by atoms with van der Waals surface area (Å²) in [6.45, 7) is 4.69. The molecular weight excluding hydrogens is 264 g/mol. The van der Waals surface area contributed by atoms with Crippen LogP contribution in [-0.2, 0) is 0 Å². The lowest BCUT2D eigenvalue weighted by Gasteiger charge is -2.17. The van der Waals surface area contributed by atoms with Crippen molar-refractivity contribution in [2.24, 2.45) is 0 Å². The van der Waals surface area contributed by atoms with Gasteiger partial charge in [0, 0.05) is 25.3 Å². The van der Waals surface area contributed by atoms with E-state index < -0.39 is 0 Å². The molecule has 1 N–H and O–H groups in total. The highest BCUT2D eigenvalue weighted by molar-refractivity contribution is 6.04. The van der Waals surface area contributed by atoms with Crippen LogP contribution >= 0.6 is 0 Å². The minimum absolute atomic E-state index is 0.147. The predicted molar refractivity (Wildman–Crippen MR) is 84.7 cm³/mol. The molecule has 5 heteroatoms. The molecule has 0 bridgehead atoms. The summed E-state index contributed by atoms with van der Waals surface area (Å²) in [4.78, 5) is 22.7. The third-order valence-electron chi connectivity index (χ3n) is 3.06. The summed E-state index contributed by atoms with van der Waals surface area (Å²) in [5.41, 5.74) is 1.23. The molecule has 110 valence electrons. The Morgan fingerprint density at radius 3 is 2.62 bits per heavy atom. The number of nitrogens with one attached hydrogen (secondary N) is 1. The van der Waals surface area contributed by atoms with E-state index in [9.17, 15) is 4.79 Å². The van der Waals surface area contributed by atoms with Crippen molar-refractivity contribution in [3.05, 3.63) is 47.9 Å². The number of nitrogens with zero attached hydrogens (tertiary/aromatic N) is 3. The van der Waals surface area contributed by atoms with Crippen LogP contribution < -0.4 is 10.2 Å². The van der Waals surface area contributed by atoms with Crippen LogP contribution in [0, 0.1) is 6.92 Å². The van der Waals surface area contributed by atoms with E-state index in [2.05, 4.69) is 22.2 Å². The van der Waals surface area contributed by atoms with Crippen molar-refractivity contribution < 1.29 is 4.79 Å². The average Bonchev–Trinajstić information content (AvgIpc) is 2.51. The summed E-state index contributed by atoms with van der Waals surface area (Å²) in [6.07, 6.45) is 0.996. The molecule has 1 amide bonds. The van der Waals surface area contributed by atoms with Crippen molar-refractivity contribution in [1.82, 2.24) is 9.97 Å². The van der Waals surface area contributed by atoms with Gasteiger partial charge in [-0.3, -0.25) is 4.79 Å². The Hall–Kier alpha value is -2.43. The zero-order valence-electron chi connectivity index (χ0n) is 12.6. The van der Waals surface area contributed by atoms with Crippen LogP contribution in [0.4, 0.5) is 11.5 Å². The largest absolute Gasteiger partial charge is 0.370 e. The standard InChI is InChI=1S/C16H20N4O/c1-4-10-17-15-11-14(18-12(2)19-15)16(21)20(3)13-8-6-5-7-9-13/h5-9,11H,4,10H2,1-3H3,(H,17,18,19). The Bertz CT molecular complexity index is 613. The number of benzene rings is 1. The molecule has 2 aromatic rings. The minimum atomic E-state index is -0.147. The zero-order valence-corrected chi connectivity index (χ0v) is 12.6. The van der Waals surface area contributed by atoms with Gasteiger partial charge in [0.15, 0.2) is 0 Å². The summed E-state index contributed by atoms with van der Waals surface area (Å²) < 4.78 is 0. The summed E-state index contributed by atoms with van der Waals surface area (Å²) in [7, 11) is 1.74. The van der Waals surface area contributed by atoms with Gasteiger partial charge >= 0.3 is 0 Å². The first kappa shape index (κ1) is 15.0. The predicted octanol–water partition coefficient (Wildman–Crippen LogP) is 2.88. The number of carbonyl (C=O) groups is 1. The van der Waals surface area contributed by atoms with E-state index in [1.54, 1.807) is 24.9 Å². The second-order valence-electron chi connectivity index (χ2n) is 4.81. The highest BCUT2D eigenvalue weighted by atomic mass is 16.2. The van der Waals surface area contributed by atoms with Gasteiger partial charge in [-0.05, 0) is 25.5 Å². The molecule has 0 aliphatic heterocycles. The molecule has 21 heavy (non-hydrogen) atoms. The SMILES string of the molecule is CCCNc1cc(C(=O)N(C)c2ccccc2)nc(C)n1. The number of rotatable bonds is 5. The minimum Gasteiger partial charge on any atom is -0.370 e. The zero-order chi connectivity index (χ0) is 15.2. The third-order valence-corrected chi connectivity index (χ3v) is 3.06. The van der Waals surface area contributed by atoms with E-state index in [1.807, 2.05) is 30.3 Å². The molecule has 0 aliphatic rings. The van der Waals surface area contributed by atoms with Crippen LogP contribution in [0.15, 0.2) is 36.4 Å². The normalized spacial score (nSPS) is 10.2. The lowest BCUT2D eigenvalue weighted by atomic mass is 10.2. The number of para-hydroxylation sites is 1. The number of amides is 1. The van der Waals surface area contributed by atoms with Crippen LogP contribution in [-0.4, -0.2) is 29.5 Å². The Kier molecular flexibility index (Phi) is 4.87. The Balaban J connectivity index is 2.24. The van der Waals surface area contributed by atoms with E-state index >= 15 is 0 Å². The second-order valence-corrected chi connectivity index (χ2v) is 4.81.